The van der Waals surface area contributed by atoms with Gasteiger partial charge in [-0.15, -0.1) is 0 Å². The first-order valence-electron chi connectivity index (χ1n) is 14.0. The van der Waals surface area contributed by atoms with Crippen LogP contribution in [-0.4, -0.2) is 44.0 Å². The maximum Gasteiger partial charge on any atom is 0.417 e. The van der Waals surface area contributed by atoms with Crippen LogP contribution in [0.1, 0.15) is 52.2 Å². The summed E-state index contributed by atoms with van der Waals surface area (Å²) in [4.78, 5) is 22.4. The van der Waals surface area contributed by atoms with Crippen LogP contribution in [-0.2, 0) is 6.42 Å². The molecule has 1 atom stereocenters. The largest absolute Gasteiger partial charge is 0.417 e. The average Bonchev–Trinajstić information content (AvgIpc) is 3.64. The van der Waals surface area contributed by atoms with Crippen LogP contribution in [0.15, 0.2) is 59.7 Å². The van der Waals surface area contributed by atoms with Gasteiger partial charge in [-0.3, -0.25) is 10.3 Å². The summed E-state index contributed by atoms with van der Waals surface area (Å²) in [6.07, 6.45) is 5.07. The number of aromatic nitrogens is 1. The van der Waals surface area contributed by atoms with Crippen molar-refractivity contribution in [3.63, 3.8) is 0 Å². The van der Waals surface area contributed by atoms with Gasteiger partial charge in [0, 0.05) is 61.6 Å². The Hall–Kier alpha value is -4.14. The van der Waals surface area contributed by atoms with E-state index in [0.717, 1.165) is 30.8 Å². The Labute approximate surface area is 237 Å². The maximum atomic E-state index is 13.7. The fraction of sp³-hybridized carbons (Fsp3) is 0.387. The predicted molar refractivity (Wildman–Crippen MR) is 166 cm³/mol. The van der Waals surface area contributed by atoms with Crippen molar-refractivity contribution in [3.05, 3.63) is 71.7 Å². The number of nitrogen functional groups attached to an aromatic ring is 1. The van der Waals surface area contributed by atoms with Crippen LogP contribution in [0.5, 0.6) is 5.75 Å². The van der Waals surface area contributed by atoms with E-state index in [1.54, 1.807) is 37.4 Å². The Kier molecular flexibility index (Phi) is 13.4. The molecule has 0 aliphatic carbocycles. The number of nitrogens with zero attached hydrogens (tertiary/aromatic N) is 3. The van der Waals surface area contributed by atoms with Gasteiger partial charge in [0.25, 0.3) is 0 Å². The number of halogens is 1. The molecule has 8 nitrogen and oxygen atoms in total. The lowest BCUT2D eigenvalue weighted by Crippen LogP contribution is -2.20. The molecule has 2 aliphatic rings. The summed E-state index contributed by atoms with van der Waals surface area (Å²) < 4.78 is 18.7. The van der Waals surface area contributed by atoms with Crippen LogP contribution in [0, 0.1) is 11.7 Å². The van der Waals surface area contributed by atoms with Gasteiger partial charge in [-0.25, -0.2) is 14.2 Å². The van der Waals surface area contributed by atoms with Gasteiger partial charge in [0.05, 0.1) is 5.69 Å². The van der Waals surface area contributed by atoms with E-state index in [0.29, 0.717) is 11.3 Å². The first-order valence-corrected chi connectivity index (χ1v) is 14.0. The molecule has 2 aliphatic heterocycles. The molecule has 3 heterocycles. The Morgan fingerprint density at radius 1 is 1.20 bits per heavy atom. The number of para-hydroxylation sites is 1. The standard InChI is InChI=1S/C15H14FN3O2.C12H17N3.2C2H6/c1-18-9-10-7-11(8-13(16)14(10)17)19-15(20)21-12-5-3-2-4-6-12;1-9-4-7-15(8-9)11-3-6-14-12-10(11)2-5-13-12;2*1-2/h2-9H,17H2,1H3,(H,19,20);3,6,9H,2,4-5,7-8H2,1H3,(H,13,14);2*1-2H3. The highest BCUT2D eigenvalue weighted by atomic mass is 19.1. The van der Waals surface area contributed by atoms with Gasteiger partial charge in [0.1, 0.15) is 17.4 Å². The topological polar surface area (TPSA) is 105 Å². The molecule has 0 saturated carbocycles. The lowest BCUT2D eigenvalue weighted by atomic mass is 10.1. The molecule has 3 aromatic rings. The van der Waals surface area contributed by atoms with Gasteiger partial charge >= 0.3 is 6.09 Å². The summed E-state index contributed by atoms with van der Waals surface area (Å²) in [7, 11) is 1.54. The molecular weight excluding hydrogens is 507 g/mol. The first-order chi connectivity index (χ1) is 19.4. The Bertz CT molecular complexity index is 1240. The number of pyridine rings is 1. The van der Waals surface area contributed by atoms with Crippen molar-refractivity contribution in [1.82, 2.24) is 4.98 Å². The summed E-state index contributed by atoms with van der Waals surface area (Å²) in [5.41, 5.74) is 9.01. The fourth-order valence-electron chi connectivity index (χ4n) is 4.33. The first kappa shape index (κ1) is 32.1. The number of carbonyl (C=O) groups excluding carboxylic acids is 1. The maximum absolute atomic E-state index is 13.7. The normalized spacial score (nSPS) is 14.9. The summed E-state index contributed by atoms with van der Waals surface area (Å²) in [6.45, 7) is 13.8. The third-order valence-corrected chi connectivity index (χ3v) is 6.09. The van der Waals surface area contributed by atoms with Crippen molar-refractivity contribution in [2.24, 2.45) is 10.9 Å². The predicted octanol–water partition coefficient (Wildman–Crippen LogP) is 7.02. The van der Waals surface area contributed by atoms with E-state index in [4.69, 9.17) is 10.5 Å². The summed E-state index contributed by atoms with van der Waals surface area (Å²) in [6, 6.07) is 13.4. The third kappa shape index (κ3) is 8.97. The van der Waals surface area contributed by atoms with E-state index in [9.17, 15) is 9.18 Å². The molecule has 4 N–H and O–H groups in total. The smallest absolute Gasteiger partial charge is 0.410 e. The van der Waals surface area contributed by atoms with Gasteiger partial charge in [0.2, 0.25) is 0 Å². The van der Waals surface area contributed by atoms with Gasteiger partial charge in [-0.1, -0.05) is 52.8 Å². The van der Waals surface area contributed by atoms with Crippen LogP contribution < -0.4 is 26.0 Å². The van der Waals surface area contributed by atoms with Crippen LogP contribution in [0.2, 0.25) is 0 Å². The highest BCUT2D eigenvalue weighted by molar-refractivity contribution is 5.92. The number of carbonyl (C=O) groups is 1. The van der Waals surface area contributed by atoms with Crippen LogP contribution in [0.25, 0.3) is 0 Å². The minimum atomic E-state index is -0.718. The highest BCUT2D eigenvalue weighted by Gasteiger charge is 2.24. The second-order valence-corrected chi connectivity index (χ2v) is 8.85. The fourth-order valence-corrected chi connectivity index (χ4v) is 4.33. The van der Waals surface area contributed by atoms with Crippen LogP contribution >= 0.6 is 0 Å². The van der Waals surface area contributed by atoms with Crippen molar-refractivity contribution >= 4 is 35.2 Å². The number of ether oxygens (including phenoxy) is 1. The number of amides is 1. The zero-order valence-electron chi connectivity index (χ0n) is 24.5. The van der Waals surface area contributed by atoms with Gasteiger partial charge in [-0.2, -0.15) is 0 Å². The number of anilines is 4. The minimum Gasteiger partial charge on any atom is -0.410 e. The van der Waals surface area contributed by atoms with Gasteiger partial charge in [-0.05, 0) is 49.1 Å². The molecular formula is C31H43FN6O2. The van der Waals surface area contributed by atoms with Crippen molar-refractivity contribution in [2.45, 2.75) is 47.5 Å². The molecule has 9 heteroatoms. The van der Waals surface area contributed by atoms with Crippen molar-refractivity contribution in [3.8, 4) is 5.75 Å². The van der Waals surface area contributed by atoms with E-state index in [1.165, 1.54) is 43.0 Å². The van der Waals surface area contributed by atoms with E-state index in [1.807, 2.05) is 33.9 Å². The Morgan fingerprint density at radius 2 is 1.93 bits per heavy atom. The van der Waals surface area contributed by atoms with E-state index in [-0.39, 0.29) is 11.4 Å². The minimum absolute atomic E-state index is 0.0254. The molecule has 0 bridgehead atoms. The number of nitrogens with one attached hydrogen (secondary N) is 2. The average molecular weight is 551 g/mol. The van der Waals surface area contributed by atoms with Crippen molar-refractivity contribution in [2.75, 3.05) is 47.9 Å². The zero-order chi connectivity index (χ0) is 29.5. The number of rotatable bonds is 4. The highest BCUT2D eigenvalue weighted by Crippen LogP contribution is 2.32. The van der Waals surface area contributed by atoms with E-state index in [2.05, 4.69) is 38.5 Å². The molecule has 1 unspecified atom stereocenters. The number of benzene rings is 2. The lowest BCUT2D eigenvalue weighted by molar-refractivity contribution is 0.215. The second kappa shape index (κ2) is 16.7. The van der Waals surface area contributed by atoms with E-state index >= 15 is 0 Å². The number of hydrogen-bond donors (Lipinski definition) is 3. The molecule has 1 fully saturated rings. The molecule has 0 spiro atoms. The summed E-state index contributed by atoms with van der Waals surface area (Å²) in [5.74, 6) is 1.69. The lowest BCUT2D eigenvalue weighted by Gasteiger charge is -2.20. The number of aliphatic imine (C=N–C) groups is 1. The zero-order valence-corrected chi connectivity index (χ0v) is 24.5. The monoisotopic (exact) mass is 550 g/mol. The molecule has 0 radical (unpaired) electrons. The van der Waals surface area contributed by atoms with E-state index < -0.39 is 11.9 Å². The third-order valence-electron chi connectivity index (χ3n) is 6.09. The molecule has 1 saturated heterocycles. The molecule has 1 aromatic heterocycles. The molecule has 216 valence electrons. The molecule has 40 heavy (non-hydrogen) atoms. The van der Waals surface area contributed by atoms with Gasteiger partial charge in [0.15, 0.2) is 0 Å². The molecule has 5 rings (SSSR count). The number of fused-ring (bicyclic) bond motifs is 1. The second-order valence-electron chi connectivity index (χ2n) is 8.85. The molecule has 2 aromatic carbocycles. The van der Waals surface area contributed by atoms with Crippen molar-refractivity contribution in [1.29, 1.82) is 0 Å². The van der Waals surface area contributed by atoms with Crippen molar-refractivity contribution < 1.29 is 13.9 Å². The summed E-state index contributed by atoms with van der Waals surface area (Å²) >= 11 is 0. The molecule has 1 amide bonds. The van der Waals surface area contributed by atoms with Crippen LogP contribution in [0.4, 0.5) is 32.1 Å². The quantitative estimate of drug-likeness (QED) is 0.238. The van der Waals surface area contributed by atoms with Crippen LogP contribution in [0.3, 0.4) is 0 Å². The Balaban J connectivity index is 0.000000258. The van der Waals surface area contributed by atoms with Gasteiger partial charge < -0.3 is 20.7 Å². The number of hydrogen-bond acceptors (Lipinski definition) is 7. The number of nitrogens with two attached hydrogens (primary N) is 1. The SMILES string of the molecule is CC.CC.CC1CCN(c2ccnc3c2CCN3)C1.CN=Cc1cc(NC(=O)Oc2ccccc2)cc(F)c1N. The Morgan fingerprint density at radius 3 is 2.58 bits per heavy atom. The summed E-state index contributed by atoms with van der Waals surface area (Å²) in [5, 5.41) is 5.78.